The SMILES string of the molecule is O=[N+]([O-])c1ccc(NC2CCC(Oc3cccc(N4CCN(C(=S)Nc5ccc(C(F)(F)F)cc5)CC4)n3)CC2)cc1C(F)(F)F. The number of nitro groups is 1. The summed E-state index contributed by atoms with van der Waals surface area (Å²) >= 11 is 5.47. The molecule has 9 nitrogen and oxygen atoms in total. The van der Waals surface area contributed by atoms with Crippen molar-refractivity contribution in [2.24, 2.45) is 0 Å². The van der Waals surface area contributed by atoms with Gasteiger partial charge in [-0.25, -0.2) is 0 Å². The number of benzene rings is 2. The highest BCUT2D eigenvalue weighted by atomic mass is 32.1. The van der Waals surface area contributed by atoms with Gasteiger partial charge in [-0.2, -0.15) is 31.3 Å². The number of hydrogen-bond acceptors (Lipinski definition) is 7. The van der Waals surface area contributed by atoms with E-state index >= 15 is 0 Å². The lowest BCUT2D eigenvalue weighted by molar-refractivity contribution is -0.388. The second kappa shape index (κ2) is 13.6. The zero-order chi connectivity index (χ0) is 33.1. The molecule has 246 valence electrons. The molecule has 3 aromatic rings. The number of piperazine rings is 1. The first kappa shape index (κ1) is 33.0. The van der Waals surface area contributed by atoms with E-state index in [1.165, 1.54) is 18.2 Å². The van der Waals surface area contributed by atoms with Gasteiger partial charge in [0.1, 0.15) is 17.5 Å². The molecule has 0 unspecified atom stereocenters. The number of pyridine rings is 1. The summed E-state index contributed by atoms with van der Waals surface area (Å²) in [7, 11) is 0. The first-order valence-electron chi connectivity index (χ1n) is 14.5. The van der Waals surface area contributed by atoms with E-state index in [2.05, 4.69) is 20.5 Å². The van der Waals surface area contributed by atoms with Crippen LogP contribution >= 0.6 is 12.2 Å². The van der Waals surface area contributed by atoms with Gasteiger partial charge < -0.3 is 25.2 Å². The lowest BCUT2D eigenvalue weighted by atomic mass is 9.92. The predicted molar refractivity (Wildman–Crippen MR) is 164 cm³/mol. The van der Waals surface area contributed by atoms with Crippen LogP contribution in [0.5, 0.6) is 5.88 Å². The van der Waals surface area contributed by atoms with E-state index in [1.54, 1.807) is 6.07 Å². The largest absolute Gasteiger partial charge is 0.474 e. The average Bonchev–Trinajstić information content (AvgIpc) is 3.01. The molecule has 0 atom stereocenters. The van der Waals surface area contributed by atoms with Crippen LogP contribution in [0.1, 0.15) is 36.8 Å². The van der Waals surface area contributed by atoms with E-state index in [0.29, 0.717) is 68.5 Å². The Morgan fingerprint density at radius 1 is 0.891 bits per heavy atom. The van der Waals surface area contributed by atoms with Crippen molar-refractivity contribution in [3.05, 3.63) is 81.9 Å². The number of halogens is 6. The minimum Gasteiger partial charge on any atom is -0.474 e. The molecule has 0 spiro atoms. The summed E-state index contributed by atoms with van der Waals surface area (Å²) in [5.74, 6) is 1.19. The van der Waals surface area contributed by atoms with E-state index in [-0.39, 0.29) is 17.8 Å². The van der Waals surface area contributed by atoms with Gasteiger partial charge in [-0.15, -0.1) is 0 Å². The van der Waals surface area contributed by atoms with Crippen molar-refractivity contribution in [2.75, 3.05) is 41.7 Å². The van der Waals surface area contributed by atoms with Crippen LogP contribution in [-0.4, -0.2) is 58.2 Å². The molecule has 2 aromatic carbocycles. The van der Waals surface area contributed by atoms with Crippen molar-refractivity contribution in [3.8, 4) is 5.88 Å². The van der Waals surface area contributed by atoms with Crippen molar-refractivity contribution in [3.63, 3.8) is 0 Å². The number of ether oxygens (including phenoxy) is 1. The van der Waals surface area contributed by atoms with Crippen LogP contribution in [0.25, 0.3) is 0 Å². The maximum absolute atomic E-state index is 13.3. The second-order valence-electron chi connectivity index (χ2n) is 11.0. The molecular weight excluding hydrogens is 638 g/mol. The highest BCUT2D eigenvalue weighted by Crippen LogP contribution is 2.38. The number of nitro benzene ring substituents is 1. The predicted octanol–water partition coefficient (Wildman–Crippen LogP) is 7.35. The van der Waals surface area contributed by atoms with Gasteiger partial charge in [-0.3, -0.25) is 10.1 Å². The number of hydrogen-bond donors (Lipinski definition) is 2. The molecule has 1 aliphatic heterocycles. The average molecular weight is 669 g/mol. The second-order valence-corrected chi connectivity index (χ2v) is 11.4. The highest BCUT2D eigenvalue weighted by molar-refractivity contribution is 7.80. The van der Waals surface area contributed by atoms with Crippen LogP contribution in [0.2, 0.25) is 0 Å². The van der Waals surface area contributed by atoms with E-state index in [0.717, 1.165) is 30.1 Å². The van der Waals surface area contributed by atoms with Gasteiger partial charge in [0, 0.05) is 55.7 Å². The minimum atomic E-state index is -4.84. The number of nitrogens with zero attached hydrogens (tertiary/aromatic N) is 4. The zero-order valence-corrected chi connectivity index (χ0v) is 25.1. The monoisotopic (exact) mass is 668 g/mol. The van der Waals surface area contributed by atoms with E-state index in [1.807, 2.05) is 17.0 Å². The summed E-state index contributed by atoms with van der Waals surface area (Å²) in [4.78, 5) is 18.7. The molecule has 2 N–H and O–H groups in total. The first-order valence-corrected chi connectivity index (χ1v) is 14.9. The van der Waals surface area contributed by atoms with Gasteiger partial charge in [0.25, 0.3) is 5.69 Å². The van der Waals surface area contributed by atoms with Crippen molar-refractivity contribution in [1.82, 2.24) is 9.88 Å². The Bertz CT molecular complexity index is 1540. The lowest BCUT2D eigenvalue weighted by Gasteiger charge is -2.37. The maximum atomic E-state index is 13.3. The summed E-state index contributed by atoms with van der Waals surface area (Å²) in [5, 5.41) is 17.5. The standard InChI is InChI=1S/C30H30F6N6O3S/c31-29(32,33)19-4-6-21(7-5-19)38-28(46)41-16-14-40(15-17-41)26-2-1-3-27(39-26)45-23-11-8-20(9-12-23)37-22-10-13-25(42(43)44)24(18-22)30(34,35)36/h1-7,10,13,18,20,23,37H,8-9,11-12,14-17H2,(H,38,46). The third-order valence-electron chi connectivity index (χ3n) is 7.89. The third-order valence-corrected chi connectivity index (χ3v) is 8.25. The van der Waals surface area contributed by atoms with Gasteiger partial charge in [-0.1, -0.05) is 6.07 Å². The maximum Gasteiger partial charge on any atom is 0.423 e. The fraction of sp³-hybridized carbons (Fsp3) is 0.400. The normalized spacial score (nSPS) is 19.0. The molecule has 5 rings (SSSR count). The Balaban J connectivity index is 1.09. The van der Waals surface area contributed by atoms with Crippen LogP contribution in [-0.2, 0) is 12.4 Å². The van der Waals surface area contributed by atoms with Crippen molar-refractivity contribution < 1.29 is 36.0 Å². The fourth-order valence-electron chi connectivity index (χ4n) is 5.47. The summed E-state index contributed by atoms with van der Waals surface area (Å²) in [6, 6.07) is 13.0. The summed E-state index contributed by atoms with van der Waals surface area (Å²) in [6.45, 7) is 2.38. The molecule has 0 amide bonds. The molecule has 1 aromatic heterocycles. The molecule has 46 heavy (non-hydrogen) atoms. The van der Waals surface area contributed by atoms with E-state index in [4.69, 9.17) is 17.0 Å². The van der Waals surface area contributed by atoms with Crippen molar-refractivity contribution in [2.45, 2.75) is 50.2 Å². The van der Waals surface area contributed by atoms with Gasteiger partial charge >= 0.3 is 12.4 Å². The van der Waals surface area contributed by atoms with Gasteiger partial charge in [0.05, 0.1) is 10.5 Å². The number of nitrogens with one attached hydrogen (secondary N) is 2. The number of anilines is 3. The quantitative estimate of drug-likeness (QED) is 0.116. The molecular formula is C30H30F6N6O3S. The number of aromatic nitrogens is 1. The number of alkyl halides is 6. The molecule has 0 bridgehead atoms. The smallest absolute Gasteiger partial charge is 0.423 e. The summed E-state index contributed by atoms with van der Waals surface area (Å²) < 4.78 is 84.6. The van der Waals surface area contributed by atoms with Crippen LogP contribution in [0.4, 0.5) is 49.2 Å². The minimum absolute atomic E-state index is 0.113. The first-order chi connectivity index (χ1) is 21.8. The third kappa shape index (κ3) is 8.27. The molecule has 2 fully saturated rings. The molecule has 1 aliphatic carbocycles. The molecule has 1 saturated heterocycles. The molecule has 2 heterocycles. The molecule has 2 aliphatic rings. The zero-order valence-electron chi connectivity index (χ0n) is 24.3. The Morgan fingerprint density at radius 2 is 1.54 bits per heavy atom. The molecule has 16 heteroatoms. The van der Waals surface area contributed by atoms with Gasteiger partial charge in [-0.05, 0) is 80.4 Å². The van der Waals surface area contributed by atoms with Crippen LogP contribution < -0.4 is 20.3 Å². The fourth-order valence-corrected chi connectivity index (χ4v) is 5.77. The highest BCUT2D eigenvalue weighted by Gasteiger charge is 2.38. The van der Waals surface area contributed by atoms with Crippen LogP contribution in [0.15, 0.2) is 60.7 Å². The Morgan fingerprint density at radius 3 is 2.15 bits per heavy atom. The topological polar surface area (TPSA) is 95.8 Å². The molecule has 0 radical (unpaired) electrons. The van der Waals surface area contributed by atoms with E-state index < -0.39 is 34.1 Å². The van der Waals surface area contributed by atoms with Crippen molar-refractivity contribution in [1.29, 1.82) is 0 Å². The molecule has 1 saturated carbocycles. The lowest BCUT2D eigenvalue weighted by Crippen LogP contribution is -2.50. The van der Waals surface area contributed by atoms with Crippen LogP contribution in [0, 0.1) is 10.1 Å². The Labute approximate surface area is 265 Å². The summed E-state index contributed by atoms with van der Waals surface area (Å²) in [5.41, 5.74) is -2.36. The Hall–Kier alpha value is -4.34. The van der Waals surface area contributed by atoms with Gasteiger partial charge in [0.2, 0.25) is 5.88 Å². The van der Waals surface area contributed by atoms with Crippen LogP contribution in [0.3, 0.4) is 0 Å². The number of thiocarbonyl (C=S) groups is 1. The van der Waals surface area contributed by atoms with Gasteiger partial charge in [0.15, 0.2) is 5.11 Å². The summed E-state index contributed by atoms with van der Waals surface area (Å²) in [6.07, 6.45) is -6.83. The van der Waals surface area contributed by atoms with E-state index in [9.17, 15) is 36.5 Å². The van der Waals surface area contributed by atoms with Crippen molar-refractivity contribution >= 4 is 40.2 Å². The Kier molecular flexibility index (Phi) is 9.74. The number of rotatable bonds is 7.